The molecule has 0 aliphatic carbocycles. The van der Waals surface area contributed by atoms with E-state index in [1.165, 1.54) is 39.1 Å². The van der Waals surface area contributed by atoms with E-state index in [0.29, 0.717) is 0 Å². The zero-order chi connectivity index (χ0) is 10.9. The molecule has 0 bridgehead atoms. The van der Waals surface area contributed by atoms with Crippen LogP contribution in [0.15, 0.2) is 0 Å². The van der Waals surface area contributed by atoms with Crippen LogP contribution in [-0.4, -0.2) is 76.3 Å². The largest absolute Gasteiger partial charge is 0.315 e. The van der Waals surface area contributed by atoms with Gasteiger partial charge in [-0.3, -0.25) is 0 Å². The zero-order valence-corrected chi connectivity index (χ0v) is 10.3. The molecule has 0 aromatic heterocycles. The second-order valence-electron chi connectivity index (χ2n) is 4.46. The Kier molecular flexibility index (Phi) is 6.92. The number of nitrogens with one attached hydrogen (secondary N) is 2. The normalized spacial score (nSPS) is 25.2. The van der Waals surface area contributed by atoms with Gasteiger partial charge in [0.1, 0.15) is 0 Å². The highest BCUT2D eigenvalue weighted by Crippen LogP contribution is 1.88. The molecule has 0 atom stereocenters. The van der Waals surface area contributed by atoms with Crippen LogP contribution in [-0.2, 0) is 0 Å². The minimum absolute atomic E-state index is 1.16. The van der Waals surface area contributed by atoms with Gasteiger partial charge in [0.05, 0.1) is 0 Å². The van der Waals surface area contributed by atoms with E-state index in [2.05, 4.69) is 34.5 Å². The van der Waals surface area contributed by atoms with Gasteiger partial charge in [0.15, 0.2) is 0 Å². The van der Waals surface area contributed by atoms with Crippen LogP contribution in [0, 0.1) is 0 Å². The van der Waals surface area contributed by atoms with Crippen LogP contribution in [0.2, 0.25) is 0 Å². The van der Waals surface area contributed by atoms with E-state index in [1.807, 2.05) is 0 Å². The fraction of sp³-hybridized carbons (Fsp3) is 1.00. The van der Waals surface area contributed by atoms with Crippen LogP contribution in [0.3, 0.4) is 0 Å². The summed E-state index contributed by atoms with van der Waals surface area (Å²) in [5, 5.41) is 6.61. The lowest BCUT2D eigenvalue weighted by molar-refractivity contribution is 0.291. The van der Waals surface area contributed by atoms with E-state index < -0.39 is 0 Å². The van der Waals surface area contributed by atoms with E-state index in [0.717, 1.165) is 19.6 Å². The number of hydrogen-bond acceptors (Lipinski definition) is 4. The molecule has 90 valence electrons. The lowest BCUT2D eigenvalue weighted by atomic mass is 10.4. The lowest BCUT2D eigenvalue weighted by Gasteiger charge is -2.21. The highest BCUT2D eigenvalue weighted by molar-refractivity contribution is 4.62. The van der Waals surface area contributed by atoms with Crippen molar-refractivity contribution >= 4 is 0 Å². The topological polar surface area (TPSA) is 30.5 Å². The maximum absolute atomic E-state index is 3.34. The molecule has 0 radical (unpaired) electrons. The molecule has 15 heavy (non-hydrogen) atoms. The summed E-state index contributed by atoms with van der Waals surface area (Å²) in [6.45, 7) is 9.57. The molecule has 2 N–H and O–H groups in total. The average molecular weight is 214 g/mol. The molecule has 2 saturated heterocycles. The molecule has 2 fully saturated rings. The first-order valence-electron chi connectivity index (χ1n) is 6.07. The van der Waals surface area contributed by atoms with Crippen LogP contribution < -0.4 is 10.6 Å². The third kappa shape index (κ3) is 6.84. The van der Waals surface area contributed by atoms with Gasteiger partial charge in [-0.25, -0.2) is 0 Å². The van der Waals surface area contributed by atoms with E-state index >= 15 is 0 Å². The number of rotatable bonds is 0. The van der Waals surface area contributed by atoms with Gasteiger partial charge in [0, 0.05) is 39.3 Å². The molecule has 2 aliphatic heterocycles. The Labute approximate surface area is 94.0 Å². The van der Waals surface area contributed by atoms with Crippen LogP contribution in [0.4, 0.5) is 0 Å². The first kappa shape index (κ1) is 12.9. The van der Waals surface area contributed by atoms with Crippen molar-refractivity contribution in [3.8, 4) is 0 Å². The second-order valence-corrected chi connectivity index (χ2v) is 4.46. The molecule has 0 unspecified atom stereocenters. The average Bonchev–Trinajstić information content (AvgIpc) is 2.48. The highest BCUT2D eigenvalue weighted by Gasteiger charge is 2.01. The minimum Gasteiger partial charge on any atom is -0.315 e. The summed E-state index contributed by atoms with van der Waals surface area (Å²) in [7, 11) is 4.33. The van der Waals surface area contributed by atoms with Crippen molar-refractivity contribution in [1.29, 1.82) is 0 Å². The number of nitrogens with zero attached hydrogens (tertiary/aromatic N) is 2. The third-order valence-electron chi connectivity index (χ3n) is 2.90. The molecule has 2 heterocycles. The summed E-state index contributed by atoms with van der Waals surface area (Å²) in [5.74, 6) is 0. The predicted octanol–water partition coefficient (Wildman–Crippen LogP) is -0.567. The van der Waals surface area contributed by atoms with Gasteiger partial charge in [-0.15, -0.1) is 0 Å². The molecule has 2 rings (SSSR count). The molecule has 0 saturated carbocycles. The van der Waals surface area contributed by atoms with Crippen LogP contribution in [0.25, 0.3) is 0 Å². The Bertz CT molecular complexity index is 138. The first-order valence-corrected chi connectivity index (χ1v) is 6.07. The smallest absolute Gasteiger partial charge is 0.0104 e. The Morgan fingerprint density at radius 3 is 1.67 bits per heavy atom. The lowest BCUT2D eigenvalue weighted by Crippen LogP contribution is -2.40. The molecule has 2 aliphatic rings. The monoisotopic (exact) mass is 214 g/mol. The molecule has 0 aromatic rings. The predicted molar refractivity (Wildman–Crippen MR) is 65.4 cm³/mol. The molecule has 4 nitrogen and oxygen atoms in total. The second kappa shape index (κ2) is 8.05. The van der Waals surface area contributed by atoms with E-state index in [9.17, 15) is 0 Å². The molecular weight excluding hydrogens is 188 g/mol. The fourth-order valence-electron chi connectivity index (χ4n) is 1.76. The summed E-state index contributed by atoms with van der Waals surface area (Å²) in [5.41, 5.74) is 0. The summed E-state index contributed by atoms with van der Waals surface area (Å²) < 4.78 is 0. The molecule has 0 spiro atoms. The van der Waals surface area contributed by atoms with Gasteiger partial charge < -0.3 is 20.4 Å². The van der Waals surface area contributed by atoms with Gasteiger partial charge in [-0.2, -0.15) is 0 Å². The molecule has 0 amide bonds. The van der Waals surface area contributed by atoms with Crippen LogP contribution in [0.1, 0.15) is 6.42 Å². The zero-order valence-electron chi connectivity index (χ0n) is 10.3. The minimum atomic E-state index is 1.16. The summed E-state index contributed by atoms with van der Waals surface area (Å²) in [4.78, 5) is 4.69. The highest BCUT2D eigenvalue weighted by atomic mass is 15.2. The van der Waals surface area contributed by atoms with Crippen molar-refractivity contribution in [1.82, 2.24) is 20.4 Å². The SMILES string of the molecule is CN1CCCNCC1.CN1CCNCC1. The maximum Gasteiger partial charge on any atom is 0.0104 e. The standard InChI is InChI=1S/C6H14N2.C5H12N2/c1-8-5-2-3-7-4-6-8;1-7-4-2-6-3-5-7/h7H,2-6H2,1H3;6H,2-5H2,1H3. The van der Waals surface area contributed by atoms with Crippen molar-refractivity contribution in [2.75, 3.05) is 66.5 Å². The fourth-order valence-corrected chi connectivity index (χ4v) is 1.76. The molecular formula is C11H26N4. The third-order valence-corrected chi connectivity index (χ3v) is 2.90. The molecule has 0 aromatic carbocycles. The number of piperazine rings is 1. The summed E-state index contributed by atoms with van der Waals surface area (Å²) in [6.07, 6.45) is 1.30. The van der Waals surface area contributed by atoms with E-state index in [-0.39, 0.29) is 0 Å². The number of likely N-dealkylation sites (N-methyl/N-ethyl adjacent to an activating group) is 2. The van der Waals surface area contributed by atoms with Gasteiger partial charge in [0.2, 0.25) is 0 Å². The first-order chi connectivity index (χ1) is 7.29. The summed E-state index contributed by atoms with van der Waals surface area (Å²) >= 11 is 0. The maximum atomic E-state index is 3.34. The van der Waals surface area contributed by atoms with Gasteiger partial charge in [-0.05, 0) is 33.6 Å². The Morgan fingerprint density at radius 1 is 0.667 bits per heavy atom. The van der Waals surface area contributed by atoms with E-state index in [1.54, 1.807) is 0 Å². The van der Waals surface area contributed by atoms with Crippen LogP contribution >= 0.6 is 0 Å². The number of hydrogen-bond donors (Lipinski definition) is 2. The summed E-state index contributed by atoms with van der Waals surface area (Å²) in [6, 6.07) is 0. The Balaban J connectivity index is 0.000000151. The quantitative estimate of drug-likeness (QED) is 0.565. The van der Waals surface area contributed by atoms with Crippen LogP contribution in [0.5, 0.6) is 0 Å². The van der Waals surface area contributed by atoms with Crippen molar-refractivity contribution in [2.45, 2.75) is 6.42 Å². The van der Waals surface area contributed by atoms with Crippen molar-refractivity contribution < 1.29 is 0 Å². The van der Waals surface area contributed by atoms with Gasteiger partial charge >= 0.3 is 0 Å². The van der Waals surface area contributed by atoms with Gasteiger partial charge in [0.25, 0.3) is 0 Å². The Morgan fingerprint density at radius 2 is 1.13 bits per heavy atom. The Hall–Kier alpha value is -0.160. The van der Waals surface area contributed by atoms with Crippen molar-refractivity contribution in [2.24, 2.45) is 0 Å². The van der Waals surface area contributed by atoms with Crippen molar-refractivity contribution in [3.63, 3.8) is 0 Å². The molecule has 4 heteroatoms. The van der Waals surface area contributed by atoms with E-state index in [4.69, 9.17) is 0 Å². The van der Waals surface area contributed by atoms with Crippen molar-refractivity contribution in [3.05, 3.63) is 0 Å². The van der Waals surface area contributed by atoms with Gasteiger partial charge in [-0.1, -0.05) is 0 Å².